The van der Waals surface area contributed by atoms with E-state index in [0.29, 0.717) is 16.5 Å². The Kier molecular flexibility index (Phi) is 7.47. The molecule has 0 radical (unpaired) electrons. The van der Waals surface area contributed by atoms with Crippen LogP contribution in [0.4, 0.5) is 13.2 Å². The van der Waals surface area contributed by atoms with Crippen LogP contribution in [0, 0.1) is 0 Å². The zero-order chi connectivity index (χ0) is 29.1. The van der Waals surface area contributed by atoms with Crippen LogP contribution in [0.2, 0.25) is 0 Å². The van der Waals surface area contributed by atoms with Crippen molar-refractivity contribution >= 4 is 33.6 Å². The number of benzene rings is 2. The maximum Gasteiger partial charge on any atom is 0.573 e. The normalized spacial score (nSPS) is 12.2. The molecule has 2 aromatic carbocycles. The Hall–Kier alpha value is -5.13. The van der Waals surface area contributed by atoms with Gasteiger partial charge in [-0.3, -0.25) is 14.6 Å². The Morgan fingerprint density at radius 1 is 1.05 bits per heavy atom. The molecule has 5 aromatic rings. The molecule has 0 saturated heterocycles. The van der Waals surface area contributed by atoms with E-state index in [1.807, 2.05) is 24.3 Å². The molecule has 3 heterocycles. The molecule has 210 valence electrons. The molecule has 0 saturated carbocycles. The fourth-order valence-electron chi connectivity index (χ4n) is 4.60. The molecule has 3 N–H and O–H groups in total. The van der Waals surface area contributed by atoms with Crippen LogP contribution >= 0.6 is 0 Å². The van der Waals surface area contributed by atoms with Gasteiger partial charge < -0.3 is 25.1 Å². The lowest BCUT2D eigenvalue weighted by Crippen LogP contribution is -2.47. The standard InChI is InChI=1S/C29H24F3N5O4/c1-33-27(38)24(11-17-14-35-22-6-4-3-5-19(17)22)37-28(39)23-9-7-16-13-34-15-21(26(16)36-23)20-12-18(41-29(30,31)32)8-10-25(20)40-2/h3-10,12-15,24,35H,11H2,1-2H3,(H,33,38)(H,37,39)/t24-/m0/s1. The number of aromatic nitrogens is 3. The highest BCUT2D eigenvalue weighted by atomic mass is 19.4. The van der Waals surface area contributed by atoms with E-state index >= 15 is 0 Å². The van der Waals surface area contributed by atoms with Crippen molar-refractivity contribution in [1.29, 1.82) is 0 Å². The quantitative estimate of drug-likeness (QED) is 0.250. The molecule has 0 unspecified atom stereocenters. The number of carbonyl (C=O) groups is 2. The second kappa shape index (κ2) is 11.2. The molecule has 5 rings (SSSR count). The summed E-state index contributed by atoms with van der Waals surface area (Å²) in [6, 6.07) is 13.4. The van der Waals surface area contributed by atoms with Gasteiger partial charge in [-0.25, -0.2) is 4.98 Å². The molecule has 0 aliphatic heterocycles. The summed E-state index contributed by atoms with van der Waals surface area (Å²) in [5.74, 6) is -1.20. The van der Waals surface area contributed by atoms with Gasteiger partial charge in [-0.15, -0.1) is 13.2 Å². The lowest BCUT2D eigenvalue weighted by atomic mass is 10.0. The monoisotopic (exact) mass is 563 g/mol. The van der Waals surface area contributed by atoms with Crippen molar-refractivity contribution in [3.05, 3.63) is 84.4 Å². The van der Waals surface area contributed by atoms with E-state index in [0.717, 1.165) is 22.5 Å². The number of nitrogens with zero attached hydrogens (tertiary/aromatic N) is 2. The molecule has 0 aliphatic rings. The number of ether oxygens (including phenoxy) is 2. The van der Waals surface area contributed by atoms with Gasteiger partial charge in [-0.2, -0.15) is 0 Å². The summed E-state index contributed by atoms with van der Waals surface area (Å²) in [5, 5.41) is 6.80. The number of methoxy groups -OCH3 is 1. The molecule has 0 spiro atoms. The summed E-state index contributed by atoms with van der Waals surface area (Å²) < 4.78 is 48.1. The maximum absolute atomic E-state index is 13.3. The minimum atomic E-state index is -4.89. The highest BCUT2D eigenvalue weighted by Crippen LogP contribution is 2.37. The van der Waals surface area contributed by atoms with Crippen molar-refractivity contribution < 1.29 is 32.2 Å². The van der Waals surface area contributed by atoms with E-state index in [2.05, 4.69) is 30.3 Å². The number of nitrogens with one attached hydrogen (secondary N) is 3. The van der Waals surface area contributed by atoms with Crippen molar-refractivity contribution in [1.82, 2.24) is 25.6 Å². The number of pyridine rings is 2. The Morgan fingerprint density at radius 2 is 1.85 bits per heavy atom. The van der Waals surface area contributed by atoms with Crippen LogP contribution in [-0.4, -0.2) is 53.3 Å². The average molecular weight is 564 g/mol. The van der Waals surface area contributed by atoms with Gasteiger partial charge in [-0.05, 0) is 42.0 Å². The first-order valence-corrected chi connectivity index (χ1v) is 12.4. The molecule has 12 heteroatoms. The number of likely N-dealkylation sites (N-methyl/N-ethyl adjacent to an activating group) is 1. The highest BCUT2D eigenvalue weighted by Gasteiger charge is 2.31. The minimum Gasteiger partial charge on any atom is -0.496 e. The van der Waals surface area contributed by atoms with Gasteiger partial charge >= 0.3 is 6.36 Å². The number of H-pyrrole nitrogens is 1. The largest absolute Gasteiger partial charge is 0.573 e. The highest BCUT2D eigenvalue weighted by molar-refractivity contribution is 6.01. The van der Waals surface area contributed by atoms with Crippen molar-refractivity contribution in [3.63, 3.8) is 0 Å². The van der Waals surface area contributed by atoms with Crippen LogP contribution in [0.3, 0.4) is 0 Å². The second-order valence-electron chi connectivity index (χ2n) is 9.07. The number of fused-ring (bicyclic) bond motifs is 2. The van der Waals surface area contributed by atoms with Gasteiger partial charge in [-0.1, -0.05) is 18.2 Å². The summed E-state index contributed by atoms with van der Waals surface area (Å²) in [7, 11) is 2.86. The number of aromatic amines is 1. The Morgan fingerprint density at radius 3 is 2.61 bits per heavy atom. The third kappa shape index (κ3) is 5.91. The molecule has 41 heavy (non-hydrogen) atoms. The number of para-hydroxylation sites is 1. The van der Waals surface area contributed by atoms with Crippen LogP contribution in [0.5, 0.6) is 11.5 Å². The van der Waals surface area contributed by atoms with Gasteiger partial charge in [0.25, 0.3) is 5.91 Å². The van der Waals surface area contributed by atoms with Crippen LogP contribution < -0.4 is 20.1 Å². The number of rotatable bonds is 8. The summed E-state index contributed by atoms with van der Waals surface area (Å²) in [5.41, 5.74) is 2.61. The fourth-order valence-corrected chi connectivity index (χ4v) is 4.60. The van der Waals surface area contributed by atoms with Gasteiger partial charge in [0.15, 0.2) is 0 Å². The summed E-state index contributed by atoms with van der Waals surface area (Å²) in [6.07, 6.45) is 0.0586. The molecule has 1 atom stereocenters. The fraction of sp³-hybridized carbons (Fsp3) is 0.172. The first-order valence-electron chi connectivity index (χ1n) is 12.4. The zero-order valence-corrected chi connectivity index (χ0v) is 21.9. The van der Waals surface area contributed by atoms with Crippen LogP contribution in [0.15, 0.2) is 73.2 Å². The van der Waals surface area contributed by atoms with Crippen molar-refractivity contribution in [2.24, 2.45) is 0 Å². The lowest BCUT2D eigenvalue weighted by molar-refractivity contribution is -0.274. The van der Waals surface area contributed by atoms with E-state index < -0.39 is 24.1 Å². The van der Waals surface area contributed by atoms with Gasteiger partial charge in [0, 0.05) is 59.5 Å². The Labute approximate surface area is 231 Å². The average Bonchev–Trinajstić information content (AvgIpc) is 3.37. The molecular formula is C29H24F3N5O4. The predicted molar refractivity (Wildman–Crippen MR) is 146 cm³/mol. The second-order valence-corrected chi connectivity index (χ2v) is 9.07. The summed E-state index contributed by atoms with van der Waals surface area (Å²) in [4.78, 5) is 37.9. The van der Waals surface area contributed by atoms with Gasteiger partial charge in [0.05, 0.1) is 12.6 Å². The van der Waals surface area contributed by atoms with Crippen molar-refractivity contribution in [2.45, 2.75) is 18.8 Å². The van der Waals surface area contributed by atoms with E-state index in [9.17, 15) is 22.8 Å². The molecule has 0 fully saturated rings. The summed E-state index contributed by atoms with van der Waals surface area (Å²) >= 11 is 0. The predicted octanol–water partition coefficient (Wildman–Crippen LogP) is 4.77. The molecule has 9 nitrogen and oxygen atoms in total. The first-order chi connectivity index (χ1) is 19.7. The number of halogens is 3. The third-order valence-corrected chi connectivity index (χ3v) is 6.49. The Bertz CT molecular complexity index is 1750. The van der Waals surface area contributed by atoms with E-state index in [4.69, 9.17) is 4.74 Å². The molecule has 2 amide bonds. The molecule has 0 aliphatic carbocycles. The lowest BCUT2D eigenvalue weighted by Gasteiger charge is -2.17. The van der Waals surface area contributed by atoms with Gasteiger partial charge in [0.1, 0.15) is 23.2 Å². The van der Waals surface area contributed by atoms with Crippen molar-refractivity contribution in [3.8, 4) is 22.6 Å². The van der Waals surface area contributed by atoms with Crippen LogP contribution in [0.1, 0.15) is 16.1 Å². The van der Waals surface area contributed by atoms with Gasteiger partial charge in [0.2, 0.25) is 5.91 Å². The van der Waals surface area contributed by atoms with E-state index in [1.54, 1.807) is 12.3 Å². The SMILES string of the molecule is CNC(=O)[C@H](Cc1c[nH]c2ccccc12)NC(=O)c1ccc2cncc(-c3cc(OC(F)(F)F)ccc3OC)c2n1. The number of hydrogen-bond acceptors (Lipinski definition) is 6. The maximum atomic E-state index is 13.3. The van der Waals surface area contributed by atoms with Crippen molar-refractivity contribution in [2.75, 3.05) is 14.2 Å². The minimum absolute atomic E-state index is 0.000516. The third-order valence-electron chi connectivity index (χ3n) is 6.49. The number of carbonyl (C=O) groups excluding carboxylic acids is 2. The summed E-state index contributed by atoms with van der Waals surface area (Å²) in [6.45, 7) is 0. The Balaban J connectivity index is 1.49. The molecule has 3 aromatic heterocycles. The topological polar surface area (TPSA) is 118 Å². The molecule has 0 bridgehead atoms. The number of hydrogen-bond donors (Lipinski definition) is 3. The van der Waals surface area contributed by atoms with E-state index in [1.165, 1.54) is 44.8 Å². The van der Waals surface area contributed by atoms with Crippen LogP contribution in [0.25, 0.3) is 32.9 Å². The number of amides is 2. The smallest absolute Gasteiger partial charge is 0.496 e. The zero-order valence-electron chi connectivity index (χ0n) is 21.9. The first kappa shape index (κ1) is 27.4. The van der Waals surface area contributed by atoms with Crippen LogP contribution in [-0.2, 0) is 11.2 Å². The van der Waals surface area contributed by atoms with E-state index in [-0.39, 0.29) is 29.3 Å². The molecular weight excluding hydrogens is 539 g/mol. The number of alkyl halides is 3.